The second kappa shape index (κ2) is 9.21. The lowest BCUT2D eigenvalue weighted by Crippen LogP contribution is -2.02. The van der Waals surface area contributed by atoms with Gasteiger partial charge in [0, 0.05) is 0 Å². The van der Waals surface area contributed by atoms with Crippen LogP contribution in [0.1, 0.15) is 65.2 Å². The minimum Gasteiger partial charge on any atom is -0.324 e. The molecule has 0 bridgehead atoms. The zero-order valence-electron chi connectivity index (χ0n) is 10.7. The molecule has 0 aliphatic rings. The first kappa shape index (κ1) is 16.1. The van der Waals surface area contributed by atoms with E-state index in [1.54, 1.807) is 0 Å². The van der Waals surface area contributed by atoms with Crippen molar-refractivity contribution in [3.05, 3.63) is 0 Å². The van der Waals surface area contributed by atoms with Crippen molar-refractivity contribution in [1.82, 2.24) is 0 Å². The Hall–Kier alpha value is 0.150. The molecule has 1 atom stereocenters. The van der Waals surface area contributed by atoms with E-state index in [-0.39, 0.29) is 6.16 Å². The average molecular weight is 250 g/mol. The maximum absolute atomic E-state index is 10.8. The van der Waals surface area contributed by atoms with Crippen LogP contribution in [-0.2, 0) is 4.57 Å². The van der Waals surface area contributed by atoms with Gasteiger partial charge in [-0.1, -0.05) is 58.8 Å². The number of rotatable bonds is 10. The van der Waals surface area contributed by atoms with Gasteiger partial charge >= 0.3 is 7.60 Å². The Morgan fingerprint density at radius 1 is 1.00 bits per heavy atom. The van der Waals surface area contributed by atoms with Gasteiger partial charge in [0.05, 0.1) is 6.16 Å². The molecule has 0 aromatic heterocycles. The van der Waals surface area contributed by atoms with Crippen LogP contribution < -0.4 is 0 Å². The normalized spacial score (nSPS) is 14.0. The molecule has 0 rings (SSSR count). The molecule has 0 radical (unpaired) electrons. The van der Waals surface area contributed by atoms with Crippen LogP contribution in [0, 0.1) is 5.92 Å². The van der Waals surface area contributed by atoms with Crippen molar-refractivity contribution >= 4 is 7.60 Å². The van der Waals surface area contributed by atoms with Crippen molar-refractivity contribution in [2.24, 2.45) is 5.92 Å². The minimum atomic E-state index is -3.78. The third-order valence-electron chi connectivity index (χ3n) is 3.12. The predicted octanol–water partition coefficient (Wildman–Crippen LogP) is 3.94. The SMILES string of the molecule is CCCCCCCC(CC)CCP(=O)(O)O. The molecule has 0 amide bonds. The third kappa shape index (κ3) is 10.7. The van der Waals surface area contributed by atoms with Crippen molar-refractivity contribution in [2.45, 2.75) is 65.2 Å². The topological polar surface area (TPSA) is 57.5 Å². The average Bonchev–Trinajstić information content (AvgIpc) is 2.21. The summed E-state index contributed by atoms with van der Waals surface area (Å²) in [5, 5.41) is 0. The molecule has 0 saturated heterocycles. The summed E-state index contributed by atoms with van der Waals surface area (Å²) >= 11 is 0. The van der Waals surface area contributed by atoms with Gasteiger partial charge in [-0.05, 0) is 12.3 Å². The molecule has 0 saturated carbocycles. The van der Waals surface area contributed by atoms with E-state index >= 15 is 0 Å². The van der Waals surface area contributed by atoms with Crippen LogP contribution in [0.3, 0.4) is 0 Å². The maximum Gasteiger partial charge on any atom is 0.325 e. The summed E-state index contributed by atoms with van der Waals surface area (Å²) in [6.07, 6.45) is 9.23. The summed E-state index contributed by atoms with van der Waals surface area (Å²) in [4.78, 5) is 17.6. The summed E-state index contributed by atoms with van der Waals surface area (Å²) in [6.45, 7) is 4.31. The number of hydrogen-bond donors (Lipinski definition) is 2. The molecule has 0 aromatic rings. The van der Waals surface area contributed by atoms with Gasteiger partial charge in [-0.15, -0.1) is 0 Å². The molecule has 98 valence electrons. The highest BCUT2D eigenvalue weighted by molar-refractivity contribution is 7.51. The summed E-state index contributed by atoms with van der Waals surface area (Å²) in [6, 6.07) is 0. The number of hydrogen-bond acceptors (Lipinski definition) is 1. The van der Waals surface area contributed by atoms with Gasteiger partial charge in [-0.3, -0.25) is 4.57 Å². The van der Waals surface area contributed by atoms with Gasteiger partial charge in [0.25, 0.3) is 0 Å². The number of unbranched alkanes of at least 4 members (excludes halogenated alkanes) is 4. The molecule has 0 spiro atoms. The van der Waals surface area contributed by atoms with Crippen LogP contribution in [0.4, 0.5) is 0 Å². The molecule has 0 aliphatic carbocycles. The molecular weight excluding hydrogens is 223 g/mol. The van der Waals surface area contributed by atoms with E-state index in [1.807, 2.05) is 0 Å². The van der Waals surface area contributed by atoms with Crippen molar-refractivity contribution in [2.75, 3.05) is 6.16 Å². The minimum absolute atomic E-state index is 0.0560. The highest BCUT2D eigenvalue weighted by atomic mass is 31.2. The lowest BCUT2D eigenvalue weighted by atomic mass is 9.96. The fourth-order valence-corrected chi connectivity index (χ4v) is 2.64. The highest BCUT2D eigenvalue weighted by Crippen LogP contribution is 2.37. The van der Waals surface area contributed by atoms with Crippen molar-refractivity contribution in [1.29, 1.82) is 0 Å². The molecular formula is C12H27O3P. The van der Waals surface area contributed by atoms with E-state index in [0.29, 0.717) is 12.3 Å². The monoisotopic (exact) mass is 250 g/mol. The van der Waals surface area contributed by atoms with Crippen molar-refractivity contribution < 1.29 is 14.4 Å². The van der Waals surface area contributed by atoms with E-state index < -0.39 is 7.60 Å². The van der Waals surface area contributed by atoms with Gasteiger partial charge in [0.2, 0.25) is 0 Å². The summed E-state index contributed by atoms with van der Waals surface area (Å²) < 4.78 is 10.8. The zero-order valence-corrected chi connectivity index (χ0v) is 11.6. The third-order valence-corrected chi connectivity index (χ3v) is 3.96. The van der Waals surface area contributed by atoms with Gasteiger partial charge in [0.15, 0.2) is 0 Å². The van der Waals surface area contributed by atoms with Gasteiger partial charge < -0.3 is 9.79 Å². The molecule has 0 fully saturated rings. The van der Waals surface area contributed by atoms with Crippen LogP contribution in [0.15, 0.2) is 0 Å². The Balaban J connectivity index is 3.55. The lowest BCUT2D eigenvalue weighted by Gasteiger charge is -2.14. The van der Waals surface area contributed by atoms with Crippen molar-refractivity contribution in [3.63, 3.8) is 0 Å². The predicted molar refractivity (Wildman–Crippen MR) is 68.7 cm³/mol. The van der Waals surface area contributed by atoms with Crippen LogP contribution >= 0.6 is 7.60 Å². The molecule has 0 aliphatic heterocycles. The Labute approximate surface area is 99.8 Å². The second-order valence-corrected chi connectivity index (χ2v) is 6.43. The first-order chi connectivity index (χ1) is 7.49. The molecule has 1 unspecified atom stereocenters. The summed E-state index contributed by atoms with van der Waals surface area (Å²) in [7, 11) is -3.78. The Morgan fingerprint density at radius 3 is 2.12 bits per heavy atom. The Morgan fingerprint density at radius 2 is 1.62 bits per heavy atom. The molecule has 0 heterocycles. The quantitative estimate of drug-likeness (QED) is 0.456. The van der Waals surface area contributed by atoms with E-state index in [0.717, 1.165) is 12.8 Å². The summed E-state index contributed by atoms with van der Waals surface area (Å²) in [5.74, 6) is 0.495. The molecule has 2 N–H and O–H groups in total. The van der Waals surface area contributed by atoms with Crippen LogP contribution in [0.5, 0.6) is 0 Å². The first-order valence-electron chi connectivity index (χ1n) is 6.54. The van der Waals surface area contributed by atoms with E-state index in [9.17, 15) is 4.57 Å². The van der Waals surface area contributed by atoms with Gasteiger partial charge in [-0.2, -0.15) is 0 Å². The van der Waals surface area contributed by atoms with Crippen LogP contribution in [-0.4, -0.2) is 15.9 Å². The Bertz CT molecular complexity index is 200. The first-order valence-corrected chi connectivity index (χ1v) is 8.34. The largest absolute Gasteiger partial charge is 0.325 e. The lowest BCUT2D eigenvalue weighted by molar-refractivity contribution is 0.358. The Kier molecular flexibility index (Phi) is 9.29. The highest BCUT2D eigenvalue weighted by Gasteiger charge is 2.16. The van der Waals surface area contributed by atoms with Gasteiger partial charge in [-0.25, -0.2) is 0 Å². The standard InChI is InChI=1S/C12H27O3P/c1-3-5-6-7-8-9-12(4-2)10-11-16(13,14)15/h12H,3-11H2,1-2H3,(H2,13,14,15). The van der Waals surface area contributed by atoms with E-state index in [1.165, 1.54) is 32.1 Å². The second-order valence-electron chi connectivity index (χ2n) is 4.65. The molecule has 4 heteroatoms. The van der Waals surface area contributed by atoms with Gasteiger partial charge in [0.1, 0.15) is 0 Å². The molecule has 3 nitrogen and oxygen atoms in total. The fourth-order valence-electron chi connectivity index (χ4n) is 1.94. The van der Waals surface area contributed by atoms with Crippen LogP contribution in [0.2, 0.25) is 0 Å². The van der Waals surface area contributed by atoms with Crippen molar-refractivity contribution in [3.8, 4) is 0 Å². The van der Waals surface area contributed by atoms with E-state index in [2.05, 4.69) is 13.8 Å². The molecule has 0 aromatic carbocycles. The smallest absolute Gasteiger partial charge is 0.324 e. The fraction of sp³-hybridized carbons (Fsp3) is 1.00. The molecule has 16 heavy (non-hydrogen) atoms. The summed E-state index contributed by atoms with van der Waals surface area (Å²) in [5.41, 5.74) is 0. The van der Waals surface area contributed by atoms with Crippen LogP contribution in [0.25, 0.3) is 0 Å². The van der Waals surface area contributed by atoms with E-state index in [4.69, 9.17) is 9.79 Å². The maximum atomic E-state index is 10.8. The zero-order chi connectivity index (χ0) is 12.4.